The van der Waals surface area contributed by atoms with Crippen molar-refractivity contribution < 1.29 is 9.53 Å². The molecule has 1 unspecified atom stereocenters. The number of hydrogen-bond donors (Lipinski definition) is 1. The van der Waals surface area contributed by atoms with Crippen LogP contribution < -0.4 is 10.1 Å². The van der Waals surface area contributed by atoms with Gasteiger partial charge in [-0.1, -0.05) is 85.6 Å². The fourth-order valence-corrected chi connectivity index (χ4v) is 4.54. The highest BCUT2D eigenvalue weighted by atomic mass is 16.5. The second-order valence-corrected chi connectivity index (χ2v) is 8.54. The van der Waals surface area contributed by atoms with E-state index in [9.17, 15) is 4.79 Å². The van der Waals surface area contributed by atoms with Crippen LogP contribution in [0.1, 0.15) is 48.4 Å². The second kappa shape index (κ2) is 11.0. The highest BCUT2D eigenvalue weighted by molar-refractivity contribution is 5.83. The molecule has 3 aromatic carbocycles. The Bertz CT molecular complexity index is 926. The molecule has 1 fully saturated rings. The smallest absolute Gasteiger partial charge is 0.242 e. The highest BCUT2D eigenvalue weighted by Gasteiger charge is 2.30. The minimum Gasteiger partial charge on any atom is -0.497 e. The highest BCUT2D eigenvalue weighted by Crippen LogP contribution is 2.28. The molecular weight excluding hydrogens is 396 g/mol. The van der Waals surface area contributed by atoms with Crippen molar-refractivity contribution in [3.05, 3.63) is 102 Å². The van der Waals surface area contributed by atoms with Crippen LogP contribution in [0, 0.1) is 0 Å². The molecule has 4 rings (SSSR count). The van der Waals surface area contributed by atoms with Crippen LogP contribution in [0.25, 0.3) is 0 Å². The molecule has 1 N–H and O–H groups in total. The summed E-state index contributed by atoms with van der Waals surface area (Å²) in [6.45, 7) is 1.37. The third-order valence-corrected chi connectivity index (χ3v) is 6.20. The third kappa shape index (κ3) is 5.77. The average Bonchev–Trinajstić information content (AvgIpc) is 3.34. The van der Waals surface area contributed by atoms with Gasteiger partial charge in [-0.3, -0.25) is 9.69 Å². The van der Waals surface area contributed by atoms with E-state index in [0.717, 1.165) is 24.2 Å². The van der Waals surface area contributed by atoms with Crippen LogP contribution >= 0.6 is 0 Å². The number of carbonyl (C=O) groups excluding carboxylic acids is 1. The van der Waals surface area contributed by atoms with Crippen molar-refractivity contribution in [2.75, 3.05) is 7.11 Å². The molecule has 1 atom stereocenters. The van der Waals surface area contributed by atoms with Gasteiger partial charge in [0.05, 0.1) is 7.11 Å². The van der Waals surface area contributed by atoms with Crippen LogP contribution in [0.5, 0.6) is 5.75 Å². The van der Waals surface area contributed by atoms with Crippen LogP contribution in [0.15, 0.2) is 84.9 Å². The Morgan fingerprint density at radius 1 is 0.875 bits per heavy atom. The molecule has 0 radical (unpaired) electrons. The molecule has 1 amide bonds. The number of nitrogens with one attached hydrogen (secondary N) is 1. The van der Waals surface area contributed by atoms with E-state index in [-0.39, 0.29) is 18.0 Å². The standard InChI is InChI=1S/C28H32N2O2/c1-32-26-18-16-24(17-19-26)27(28(31)29-25-14-8-9-15-25)30(20-22-10-4-2-5-11-22)21-23-12-6-3-7-13-23/h2-7,10-13,16-19,25,27H,8-9,14-15,20-21H2,1H3,(H,29,31). The summed E-state index contributed by atoms with van der Waals surface area (Å²) in [5, 5.41) is 3.35. The first-order valence-electron chi connectivity index (χ1n) is 11.5. The third-order valence-electron chi connectivity index (χ3n) is 6.20. The molecule has 0 aliphatic heterocycles. The van der Waals surface area contributed by atoms with Crippen LogP contribution in [-0.2, 0) is 17.9 Å². The van der Waals surface area contributed by atoms with E-state index in [1.54, 1.807) is 7.11 Å². The maximum Gasteiger partial charge on any atom is 0.242 e. The van der Waals surface area contributed by atoms with E-state index < -0.39 is 0 Å². The lowest BCUT2D eigenvalue weighted by Gasteiger charge is -2.32. The predicted molar refractivity (Wildman–Crippen MR) is 128 cm³/mol. The number of amides is 1. The zero-order valence-corrected chi connectivity index (χ0v) is 18.7. The lowest BCUT2D eigenvalue weighted by Crippen LogP contribution is -2.43. The Hall–Kier alpha value is -3.11. The molecule has 0 heterocycles. The van der Waals surface area contributed by atoms with Crippen molar-refractivity contribution in [1.82, 2.24) is 10.2 Å². The summed E-state index contributed by atoms with van der Waals surface area (Å²) in [5.74, 6) is 0.871. The molecule has 1 aliphatic carbocycles. The van der Waals surface area contributed by atoms with Gasteiger partial charge in [-0.05, 0) is 41.7 Å². The minimum atomic E-state index is -0.387. The fraction of sp³-hybridized carbons (Fsp3) is 0.321. The van der Waals surface area contributed by atoms with E-state index in [1.165, 1.54) is 24.0 Å². The van der Waals surface area contributed by atoms with Gasteiger partial charge in [0, 0.05) is 19.1 Å². The van der Waals surface area contributed by atoms with Gasteiger partial charge >= 0.3 is 0 Å². The van der Waals surface area contributed by atoms with E-state index in [1.807, 2.05) is 36.4 Å². The minimum absolute atomic E-state index is 0.0777. The van der Waals surface area contributed by atoms with Crippen LogP contribution in [-0.4, -0.2) is 24.0 Å². The van der Waals surface area contributed by atoms with Crippen LogP contribution in [0.2, 0.25) is 0 Å². The van der Waals surface area contributed by atoms with Crippen molar-refractivity contribution in [1.29, 1.82) is 0 Å². The van der Waals surface area contributed by atoms with E-state index >= 15 is 0 Å². The maximum atomic E-state index is 13.7. The number of methoxy groups -OCH3 is 1. The Kier molecular flexibility index (Phi) is 7.57. The average molecular weight is 429 g/mol. The van der Waals surface area contributed by atoms with Crippen LogP contribution in [0.4, 0.5) is 0 Å². The zero-order chi connectivity index (χ0) is 22.2. The van der Waals surface area contributed by atoms with Gasteiger partial charge in [0.25, 0.3) is 0 Å². The molecule has 1 aliphatic rings. The summed E-state index contributed by atoms with van der Waals surface area (Å²) in [7, 11) is 1.66. The molecule has 0 bridgehead atoms. The van der Waals surface area contributed by atoms with Gasteiger partial charge in [0.2, 0.25) is 5.91 Å². The first kappa shape index (κ1) is 22.1. The second-order valence-electron chi connectivity index (χ2n) is 8.54. The van der Waals surface area contributed by atoms with Gasteiger partial charge in [0.1, 0.15) is 11.8 Å². The molecule has 32 heavy (non-hydrogen) atoms. The molecule has 4 nitrogen and oxygen atoms in total. The summed E-state index contributed by atoms with van der Waals surface area (Å²) in [4.78, 5) is 16.0. The van der Waals surface area contributed by atoms with Gasteiger partial charge in [-0.15, -0.1) is 0 Å². The SMILES string of the molecule is COc1ccc(C(C(=O)NC2CCCC2)N(Cc2ccccc2)Cc2ccccc2)cc1. The molecule has 4 heteroatoms. The lowest BCUT2D eigenvalue weighted by atomic mass is 10.0. The Labute approximate surface area is 191 Å². The maximum absolute atomic E-state index is 13.7. The van der Waals surface area contributed by atoms with Gasteiger partial charge < -0.3 is 10.1 Å². The van der Waals surface area contributed by atoms with Crippen molar-refractivity contribution in [2.45, 2.75) is 50.9 Å². The van der Waals surface area contributed by atoms with Gasteiger partial charge in [-0.2, -0.15) is 0 Å². The van der Waals surface area contributed by atoms with E-state index in [4.69, 9.17) is 4.74 Å². The zero-order valence-electron chi connectivity index (χ0n) is 18.7. The summed E-state index contributed by atoms with van der Waals surface area (Å²) in [6.07, 6.45) is 4.52. The number of ether oxygens (including phenoxy) is 1. The van der Waals surface area contributed by atoms with Gasteiger partial charge in [-0.25, -0.2) is 0 Å². The van der Waals surface area contributed by atoms with Crippen LogP contribution in [0.3, 0.4) is 0 Å². The van der Waals surface area contributed by atoms with Crippen molar-refractivity contribution in [3.63, 3.8) is 0 Å². The van der Waals surface area contributed by atoms with Crippen molar-refractivity contribution in [2.24, 2.45) is 0 Å². The quantitative estimate of drug-likeness (QED) is 0.489. The Balaban J connectivity index is 1.68. The topological polar surface area (TPSA) is 41.6 Å². The Morgan fingerprint density at radius 3 is 1.91 bits per heavy atom. The predicted octanol–water partition coefficient (Wildman–Crippen LogP) is 5.50. The first-order chi connectivity index (χ1) is 15.7. The number of nitrogens with zero attached hydrogens (tertiary/aromatic N) is 1. The van der Waals surface area contributed by atoms with Gasteiger partial charge in [0.15, 0.2) is 0 Å². The molecule has 166 valence electrons. The molecule has 3 aromatic rings. The summed E-state index contributed by atoms with van der Waals surface area (Å²) >= 11 is 0. The molecule has 0 saturated heterocycles. The number of carbonyl (C=O) groups is 1. The summed E-state index contributed by atoms with van der Waals surface area (Å²) < 4.78 is 5.35. The Morgan fingerprint density at radius 2 is 1.41 bits per heavy atom. The summed E-state index contributed by atoms with van der Waals surface area (Å²) in [6, 6.07) is 28.6. The monoisotopic (exact) mass is 428 g/mol. The van der Waals surface area contributed by atoms with Crippen molar-refractivity contribution >= 4 is 5.91 Å². The molecule has 0 aromatic heterocycles. The normalized spacial score (nSPS) is 14.9. The van der Waals surface area contributed by atoms with Crippen molar-refractivity contribution in [3.8, 4) is 5.75 Å². The number of rotatable bonds is 9. The van der Waals surface area contributed by atoms with E-state index in [0.29, 0.717) is 13.1 Å². The first-order valence-corrected chi connectivity index (χ1v) is 11.5. The molecule has 1 saturated carbocycles. The number of hydrogen-bond acceptors (Lipinski definition) is 3. The molecule has 0 spiro atoms. The molecular formula is C28H32N2O2. The van der Waals surface area contributed by atoms with E-state index in [2.05, 4.69) is 58.7 Å². The fourth-order valence-electron chi connectivity index (χ4n) is 4.54. The summed E-state index contributed by atoms with van der Waals surface area (Å²) in [5.41, 5.74) is 3.36. The largest absolute Gasteiger partial charge is 0.497 e. The lowest BCUT2D eigenvalue weighted by molar-refractivity contribution is -0.128. The number of benzene rings is 3.